The molecule has 1 atom stereocenters. The van der Waals surface area contributed by atoms with Crippen molar-refractivity contribution in [2.24, 2.45) is 0 Å². The summed E-state index contributed by atoms with van der Waals surface area (Å²) in [6.45, 7) is 1.49. The van der Waals surface area contributed by atoms with Crippen LogP contribution in [0.3, 0.4) is 0 Å². The van der Waals surface area contributed by atoms with Crippen molar-refractivity contribution < 1.29 is 18.4 Å². The van der Waals surface area contributed by atoms with Crippen molar-refractivity contribution in [2.45, 2.75) is 18.9 Å². The Morgan fingerprint density at radius 2 is 1.56 bits per heavy atom. The lowest BCUT2D eigenvalue weighted by Crippen LogP contribution is -2.46. The van der Waals surface area contributed by atoms with Gasteiger partial charge < -0.3 is 5.32 Å². The molecule has 8 heteroatoms. The molecular weight excluding hydrogens is 373 g/mol. The number of nitrogens with zero attached hydrogens (tertiary/aromatic N) is 1. The molecule has 0 bridgehead atoms. The molecule has 1 aliphatic heterocycles. The molecule has 130 valence electrons. The Bertz CT molecular complexity index is 850. The Morgan fingerprint density at radius 1 is 1.00 bits per heavy atom. The smallest absolute Gasteiger partial charge is 0.323 e. The van der Waals surface area contributed by atoms with Gasteiger partial charge in [-0.2, -0.15) is 0 Å². The zero-order valence-corrected chi connectivity index (χ0v) is 14.5. The quantitative estimate of drug-likeness (QED) is 0.800. The number of benzene rings is 2. The highest BCUT2D eigenvalue weighted by atomic mass is 35.5. The van der Waals surface area contributed by atoms with E-state index in [-0.39, 0.29) is 27.7 Å². The first-order chi connectivity index (χ1) is 11.7. The number of carbonyl (C=O) groups excluding carboxylic acids is 2. The Morgan fingerprint density at radius 3 is 2.12 bits per heavy atom. The van der Waals surface area contributed by atoms with Crippen molar-refractivity contribution in [2.75, 3.05) is 4.90 Å². The van der Waals surface area contributed by atoms with Crippen molar-refractivity contribution in [3.63, 3.8) is 0 Å². The Balaban J connectivity index is 1.94. The molecule has 0 aliphatic carbocycles. The first-order valence-corrected chi connectivity index (χ1v) is 8.01. The van der Waals surface area contributed by atoms with Crippen LogP contribution in [0.4, 0.5) is 19.3 Å². The van der Waals surface area contributed by atoms with Crippen LogP contribution >= 0.6 is 23.2 Å². The van der Waals surface area contributed by atoms with Crippen LogP contribution in [0, 0.1) is 11.6 Å². The summed E-state index contributed by atoms with van der Waals surface area (Å²) in [5.41, 5.74) is -0.889. The fourth-order valence-electron chi connectivity index (χ4n) is 2.83. The summed E-state index contributed by atoms with van der Waals surface area (Å²) in [4.78, 5) is 26.0. The Hall–Kier alpha value is -2.18. The van der Waals surface area contributed by atoms with Gasteiger partial charge in [0.25, 0.3) is 5.91 Å². The van der Waals surface area contributed by atoms with E-state index in [1.165, 1.54) is 25.1 Å². The summed E-state index contributed by atoms with van der Waals surface area (Å²) in [5.74, 6) is -2.08. The zero-order chi connectivity index (χ0) is 18.4. The third kappa shape index (κ3) is 3.45. The van der Waals surface area contributed by atoms with E-state index in [1.807, 2.05) is 0 Å². The van der Waals surface area contributed by atoms with Gasteiger partial charge in [0, 0.05) is 22.5 Å². The van der Waals surface area contributed by atoms with Crippen LogP contribution < -0.4 is 10.2 Å². The number of nitrogens with one attached hydrogen (secondary N) is 1. The molecule has 1 saturated heterocycles. The van der Waals surface area contributed by atoms with Gasteiger partial charge in [-0.05, 0) is 42.8 Å². The lowest BCUT2D eigenvalue weighted by Gasteiger charge is -2.22. The number of amides is 3. The van der Waals surface area contributed by atoms with Gasteiger partial charge in [0.2, 0.25) is 0 Å². The molecule has 0 spiro atoms. The largest absolute Gasteiger partial charge is 0.329 e. The van der Waals surface area contributed by atoms with Gasteiger partial charge in [0.1, 0.15) is 17.2 Å². The van der Waals surface area contributed by atoms with E-state index < -0.39 is 29.1 Å². The highest BCUT2D eigenvalue weighted by molar-refractivity contribution is 6.35. The Labute approximate surface area is 152 Å². The van der Waals surface area contributed by atoms with Crippen LogP contribution in [0.15, 0.2) is 36.4 Å². The zero-order valence-electron chi connectivity index (χ0n) is 12.9. The van der Waals surface area contributed by atoms with Gasteiger partial charge in [0.15, 0.2) is 0 Å². The third-order valence-electron chi connectivity index (χ3n) is 3.85. The molecule has 1 aliphatic rings. The average molecular weight is 385 g/mol. The molecular formula is C17H12Cl2F2N2O2. The highest BCUT2D eigenvalue weighted by Gasteiger charge is 2.48. The maximum absolute atomic E-state index is 13.4. The molecule has 1 unspecified atom stereocenters. The molecule has 2 aromatic carbocycles. The molecule has 25 heavy (non-hydrogen) atoms. The van der Waals surface area contributed by atoms with E-state index in [2.05, 4.69) is 5.32 Å². The molecule has 1 heterocycles. The molecule has 3 rings (SSSR count). The Kier molecular flexibility index (Phi) is 4.43. The number of urea groups is 1. The number of rotatable bonds is 3. The predicted octanol–water partition coefficient (Wildman–Crippen LogP) is 4.33. The van der Waals surface area contributed by atoms with Crippen molar-refractivity contribution in [1.82, 2.24) is 5.32 Å². The van der Waals surface area contributed by atoms with Crippen LogP contribution in [-0.4, -0.2) is 17.5 Å². The molecule has 1 N–H and O–H groups in total. The van der Waals surface area contributed by atoms with E-state index in [0.29, 0.717) is 0 Å². The molecule has 0 saturated carbocycles. The highest BCUT2D eigenvalue weighted by Crippen LogP contribution is 2.31. The second-order valence-corrected chi connectivity index (χ2v) is 6.86. The van der Waals surface area contributed by atoms with Gasteiger partial charge in [-0.3, -0.25) is 4.79 Å². The second-order valence-electron chi connectivity index (χ2n) is 5.98. The second kappa shape index (κ2) is 6.28. The summed E-state index contributed by atoms with van der Waals surface area (Å²) in [7, 11) is 0. The minimum absolute atomic E-state index is 0.0724. The number of hydrogen-bond acceptors (Lipinski definition) is 2. The SMILES string of the molecule is CC1(Cc2cc(F)cc(F)c2)NC(=O)N(c2cc(Cl)cc(Cl)c2)C1=O. The van der Waals surface area contributed by atoms with E-state index in [0.717, 1.165) is 23.1 Å². The first kappa shape index (κ1) is 17.6. The van der Waals surface area contributed by atoms with Gasteiger partial charge in [-0.15, -0.1) is 0 Å². The number of anilines is 1. The van der Waals surface area contributed by atoms with E-state index in [1.54, 1.807) is 0 Å². The normalized spacial score (nSPS) is 20.1. The first-order valence-electron chi connectivity index (χ1n) is 7.26. The van der Waals surface area contributed by atoms with Crippen LogP contribution in [-0.2, 0) is 11.2 Å². The summed E-state index contributed by atoms with van der Waals surface area (Å²) >= 11 is 11.8. The predicted molar refractivity (Wildman–Crippen MR) is 90.9 cm³/mol. The summed E-state index contributed by atoms with van der Waals surface area (Å²) < 4.78 is 26.8. The maximum Gasteiger partial charge on any atom is 0.329 e. The molecule has 0 radical (unpaired) electrons. The van der Waals surface area contributed by atoms with Gasteiger partial charge in [-0.1, -0.05) is 23.2 Å². The summed E-state index contributed by atoms with van der Waals surface area (Å²) in [5, 5.41) is 3.10. The summed E-state index contributed by atoms with van der Waals surface area (Å²) in [6, 6.07) is 6.64. The molecule has 0 aromatic heterocycles. The number of imide groups is 1. The number of carbonyl (C=O) groups is 2. The fraction of sp³-hybridized carbons (Fsp3) is 0.176. The number of halogens is 4. The molecule has 1 fully saturated rings. The average Bonchev–Trinajstić information content (AvgIpc) is 2.65. The molecule has 4 nitrogen and oxygen atoms in total. The lowest BCUT2D eigenvalue weighted by atomic mass is 9.92. The van der Waals surface area contributed by atoms with Crippen LogP contribution in [0.2, 0.25) is 10.0 Å². The minimum atomic E-state index is -1.36. The van der Waals surface area contributed by atoms with Crippen molar-refractivity contribution in [3.8, 4) is 0 Å². The van der Waals surface area contributed by atoms with E-state index in [9.17, 15) is 18.4 Å². The fourth-order valence-corrected chi connectivity index (χ4v) is 3.34. The van der Waals surface area contributed by atoms with E-state index in [4.69, 9.17) is 23.2 Å². The maximum atomic E-state index is 13.4. The standard InChI is InChI=1S/C17H12Cl2F2N2O2/c1-17(8-9-2-12(20)7-13(21)3-9)15(24)23(16(25)22-17)14-5-10(18)4-11(19)6-14/h2-7H,8H2,1H3,(H,22,25). The summed E-state index contributed by atoms with van der Waals surface area (Å²) in [6.07, 6.45) is -0.0724. The van der Waals surface area contributed by atoms with Gasteiger partial charge >= 0.3 is 6.03 Å². The van der Waals surface area contributed by atoms with Crippen LogP contribution in [0.1, 0.15) is 12.5 Å². The minimum Gasteiger partial charge on any atom is -0.323 e. The monoisotopic (exact) mass is 384 g/mol. The molecule has 2 aromatic rings. The van der Waals surface area contributed by atoms with Crippen molar-refractivity contribution in [1.29, 1.82) is 0 Å². The third-order valence-corrected chi connectivity index (χ3v) is 4.28. The van der Waals surface area contributed by atoms with E-state index >= 15 is 0 Å². The molecule has 3 amide bonds. The van der Waals surface area contributed by atoms with Gasteiger partial charge in [-0.25, -0.2) is 18.5 Å². The topological polar surface area (TPSA) is 49.4 Å². The van der Waals surface area contributed by atoms with Crippen LogP contribution in [0.25, 0.3) is 0 Å². The van der Waals surface area contributed by atoms with Crippen LogP contribution in [0.5, 0.6) is 0 Å². The van der Waals surface area contributed by atoms with Gasteiger partial charge in [0.05, 0.1) is 5.69 Å². The number of hydrogen-bond donors (Lipinski definition) is 1. The van der Waals surface area contributed by atoms with Crippen molar-refractivity contribution >= 4 is 40.8 Å². The van der Waals surface area contributed by atoms with Crippen molar-refractivity contribution in [3.05, 3.63) is 63.6 Å². The lowest BCUT2D eigenvalue weighted by molar-refractivity contribution is -0.121.